The first-order chi connectivity index (χ1) is 13.0. The fourth-order valence-electron chi connectivity index (χ4n) is 2.93. The largest absolute Gasteiger partial charge is 0.377 e. The fraction of sp³-hybridized carbons (Fsp3) is 0.316. The van der Waals surface area contributed by atoms with Crippen LogP contribution in [0.1, 0.15) is 13.3 Å². The van der Waals surface area contributed by atoms with Crippen molar-refractivity contribution >= 4 is 43.2 Å². The number of halogens is 1. The SMILES string of the molecule is COC(/C=C(\C)n1cnc2c(sc3nccc(N(C)C)c32)c1=O)C/C=C/F. The molecule has 3 rings (SSSR count). The number of ether oxygens (including phenoxy) is 1. The number of pyridine rings is 1. The molecule has 142 valence electrons. The molecule has 0 amide bonds. The second kappa shape index (κ2) is 7.98. The van der Waals surface area contributed by atoms with E-state index in [0.29, 0.717) is 28.7 Å². The molecule has 6 nitrogen and oxygen atoms in total. The van der Waals surface area contributed by atoms with Gasteiger partial charge in [-0.2, -0.15) is 0 Å². The van der Waals surface area contributed by atoms with E-state index in [0.717, 1.165) is 15.9 Å². The van der Waals surface area contributed by atoms with Gasteiger partial charge in [-0.25, -0.2) is 14.4 Å². The third-order valence-electron chi connectivity index (χ3n) is 4.31. The molecule has 8 heteroatoms. The average Bonchev–Trinajstić information content (AvgIpc) is 3.04. The van der Waals surface area contributed by atoms with Crippen molar-refractivity contribution in [1.82, 2.24) is 14.5 Å². The summed E-state index contributed by atoms with van der Waals surface area (Å²) in [5, 5.41) is 0.885. The van der Waals surface area contributed by atoms with E-state index in [1.165, 1.54) is 28.3 Å². The Morgan fingerprint density at radius 3 is 2.89 bits per heavy atom. The Kier molecular flexibility index (Phi) is 5.67. The third kappa shape index (κ3) is 3.63. The Hall–Kier alpha value is -2.58. The standard InChI is InChI=1S/C19H21FN4O2S/c1-12(10-13(26-4)6-5-8-20)24-11-22-16-15-14(23(2)3)7-9-21-18(15)27-17(16)19(24)25/h5,7-11,13H,6H2,1-4H3/b8-5+,12-10+. The van der Waals surface area contributed by atoms with Crippen LogP contribution in [-0.4, -0.2) is 41.8 Å². The third-order valence-corrected chi connectivity index (χ3v) is 5.38. The molecule has 0 N–H and O–H groups in total. The molecule has 0 spiro atoms. The van der Waals surface area contributed by atoms with Crippen LogP contribution in [0.15, 0.2) is 41.9 Å². The topological polar surface area (TPSA) is 60.2 Å². The van der Waals surface area contributed by atoms with Crippen molar-refractivity contribution in [2.45, 2.75) is 19.4 Å². The molecule has 0 aromatic carbocycles. The van der Waals surface area contributed by atoms with E-state index in [1.807, 2.05) is 25.1 Å². The maximum atomic E-state index is 13.0. The van der Waals surface area contributed by atoms with Crippen LogP contribution >= 0.6 is 11.3 Å². The molecule has 0 saturated heterocycles. The summed E-state index contributed by atoms with van der Waals surface area (Å²) in [5.41, 5.74) is 2.15. The van der Waals surface area contributed by atoms with E-state index < -0.39 is 0 Å². The highest BCUT2D eigenvalue weighted by molar-refractivity contribution is 7.25. The molecule has 3 heterocycles. The summed E-state index contributed by atoms with van der Waals surface area (Å²) in [6.45, 7) is 1.80. The van der Waals surface area contributed by atoms with Gasteiger partial charge in [-0.05, 0) is 25.5 Å². The lowest BCUT2D eigenvalue weighted by Crippen LogP contribution is -2.19. The van der Waals surface area contributed by atoms with Crippen LogP contribution in [0.5, 0.6) is 0 Å². The maximum absolute atomic E-state index is 13.0. The summed E-state index contributed by atoms with van der Waals surface area (Å²) in [6.07, 6.45) is 6.96. The Bertz CT molecular complexity index is 1080. The Labute approximate surface area is 160 Å². The molecular weight excluding hydrogens is 367 g/mol. The minimum atomic E-state index is -0.330. The van der Waals surface area contributed by atoms with Gasteiger partial charge in [0.25, 0.3) is 5.56 Å². The zero-order valence-electron chi connectivity index (χ0n) is 15.6. The van der Waals surface area contributed by atoms with Gasteiger partial charge in [-0.1, -0.05) is 6.08 Å². The van der Waals surface area contributed by atoms with Gasteiger partial charge in [-0.15, -0.1) is 11.3 Å². The number of thiophene rings is 1. The fourth-order valence-corrected chi connectivity index (χ4v) is 3.98. The van der Waals surface area contributed by atoms with Crippen molar-refractivity contribution < 1.29 is 9.13 Å². The van der Waals surface area contributed by atoms with Crippen LogP contribution in [0.4, 0.5) is 10.1 Å². The molecule has 0 fully saturated rings. The number of anilines is 1. The molecule has 0 bridgehead atoms. The van der Waals surface area contributed by atoms with Gasteiger partial charge in [0.2, 0.25) is 0 Å². The normalized spacial score (nSPS) is 13.7. The number of aromatic nitrogens is 3. The highest BCUT2D eigenvalue weighted by Gasteiger charge is 2.17. The molecule has 0 aliphatic rings. The van der Waals surface area contributed by atoms with Crippen molar-refractivity contribution in [2.75, 3.05) is 26.1 Å². The van der Waals surface area contributed by atoms with Gasteiger partial charge in [0.1, 0.15) is 15.9 Å². The van der Waals surface area contributed by atoms with E-state index in [4.69, 9.17) is 4.74 Å². The zero-order valence-corrected chi connectivity index (χ0v) is 16.5. The number of hydrogen-bond acceptors (Lipinski definition) is 6. The summed E-state index contributed by atoms with van der Waals surface area (Å²) in [5.74, 6) is 0. The molecular formula is C19H21FN4O2S. The highest BCUT2D eigenvalue weighted by atomic mass is 32.1. The Morgan fingerprint density at radius 1 is 1.44 bits per heavy atom. The lowest BCUT2D eigenvalue weighted by atomic mass is 10.2. The van der Waals surface area contributed by atoms with Crippen molar-refractivity contribution in [3.8, 4) is 0 Å². The highest BCUT2D eigenvalue weighted by Crippen LogP contribution is 2.35. The smallest absolute Gasteiger partial charge is 0.275 e. The van der Waals surface area contributed by atoms with Crippen LogP contribution in [-0.2, 0) is 4.74 Å². The van der Waals surface area contributed by atoms with Crippen molar-refractivity contribution in [3.05, 3.63) is 47.4 Å². The van der Waals surface area contributed by atoms with Gasteiger partial charge >= 0.3 is 0 Å². The minimum Gasteiger partial charge on any atom is -0.377 e. The van der Waals surface area contributed by atoms with Crippen molar-refractivity contribution in [1.29, 1.82) is 0 Å². The predicted molar refractivity (Wildman–Crippen MR) is 109 cm³/mol. The van der Waals surface area contributed by atoms with Crippen LogP contribution in [0.3, 0.4) is 0 Å². The second-order valence-electron chi connectivity index (χ2n) is 6.28. The summed E-state index contributed by atoms with van der Waals surface area (Å²) in [4.78, 5) is 24.7. The zero-order chi connectivity index (χ0) is 19.6. The molecule has 27 heavy (non-hydrogen) atoms. The van der Waals surface area contributed by atoms with Gasteiger partial charge in [0.15, 0.2) is 0 Å². The van der Waals surface area contributed by atoms with E-state index in [-0.39, 0.29) is 11.7 Å². The second-order valence-corrected chi connectivity index (χ2v) is 7.28. The van der Waals surface area contributed by atoms with E-state index in [1.54, 1.807) is 26.3 Å². The summed E-state index contributed by atoms with van der Waals surface area (Å²) in [7, 11) is 5.44. The molecule has 0 aliphatic heterocycles. The Balaban J connectivity index is 2.14. The molecule has 3 aromatic rings. The Morgan fingerprint density at radius 2 is 2.22 bits per heavy atom. The van der Waals surface area contributed by atoms with Crippen LogP contribution < -0.4 is 10.5 Å². The monoisotopic (exact) mass is 388 g/mol. The molecule has 1 unspecified atom stereocenters. The molecule has 0 aliphatic carbocycles. The van der Waals surface area contributed by atoms with E-state index >= 15 is 0 Å². The lowest BCUT2D eigenvalue weighted by molar-refractivity contribution is 0.143. The van der Waals surface area contributed by atoms with Crippen molar-refractivity contribution in [3.63, 3.8) is 0 Å². The molecule has 1 atom stereocenters. The van der Waals surface area contributed by atoms with Crippen LogP contribution in [0.25, 0.3) is 26.1 Å². The summed E-state index contributed by atoms with van der Waals surface area (Å²) >= 11 is 1.34. The van der Waals surface area contributed by atoms with Gasteiger partial charge in [0, 0.05) is 33.1 Å². The predicted octanol–water partition coefficient (Wildman–Crippen LogP) is 3.82. The number of nitrogens with zero attached hydrogens (tertiary/aromatic N) is 4. The quantitative estimate of drug-likeness (QED) is 0.642. The molecule has 0 saturated carbocycles. The number of allylic oxidation sites excluding steroid dienone is 1. The number of hydrogen-bond donors (Lipinski definition) is 0. The lowest BCUT2D eigenvalue weighted by Gasteiger charge is -2.13. The molecule has 0 radical (unpaired) electrons. The van der Waals surface area contributed by atoms with Gasteiger partial charge in [0.05, 0.1) is 29.0 Å². The van der Waals surface area contributed by atoms with E-state index in [2.05, 4.69) is 9.97 Å². The first-order valence-electron chi connectivity index (χ1n) is 8.41. The maximum Gasteiger partial charge on any atom is 0.275 e. The van der Waals surface area contributed by atoms with Gasteiger partial charge < -0.3 is 9.64 Å². The van der Waals surface area contributed by atoms with Crippen molar-refractivity contribution in [2.24, 2.45) is 0 Å². The number of rotatable bonds is 6. The number of methoxy groups -OCH3 is 1. The first-order valence-corrected chi connectivity index (χ1v) is 9.22. The number of fused-ring (bicyclic) bond motifs is 3. The average molecular weight is 388 g/mol. The van der Waals surface area contributed by atoms with Crippen LogP contribution in [0, 0.1) is 0 Å². The summed E-state index contributed by atoms with van der Waals surface area (Å²) < 4.78 is 19.6. The minimum absolute atomic E-state index is 0.155. The van der Waals surface area contributed by atoms with E-state index in [9.17, 15) is 9.18 Å². The molecule has 3 aromatic heterocycles. The van der Waals surface area contributed by atoms with Crippen LogP contribution in [0.2, 0.25) is 0 Å². The summed E-state index contributed by atoms with van der Waals surface area (Å²) in [6, 6.07) is 1.91. The first kappa shape index (κ1) is 19.2. The van der Waals surface area contributed by atoms with Gasteiger partial charge in [-0.3, -0.25) is 9.36 Å².